The van der Waals surface area contributed by atoms with Crippen LogP contribution in [-0.2, 0) is 4.79 Å². The smallest absolute Gasteiger partial charge is 0.303 e. The third-order valence-electron chi connectivity index (χ3n) is 3.53. The van der Waals surface area contributed by atoms with E-state index in [9.17, 15) is 4.79 Å². The first-order chi connectivity index (χ1) is 9.31. The molecule has 0 radical (unpaired) electrons. The Morgan fingerprint density at radius 2 is 2.10 bits per heavy atom. The lowest BCUT2D eigenvalue weighted by Crippen LogP contribution is -2.48. The molecule has 0 saturated carbocycles. The Labute approximate surface area is 123 Å². The number of thiocarbonyl (C=S) groups is 1. The van der Waals surface area contributed by atoms with E-state index in [1.807, 2.05) is 19.1 Å². The summed E-state index contributed by atoms with van der Waals surface area (Å²) in [5.41, 5.74) is 6.08. The van der Waals surface area contributed by atoms with Gasteiger partial charge in [0.25, 0.3) is 0 Å². The van der Waals surface area contributed by atoms with Crippen molar-refractivity contribution in [1.29, 1.82) is 0 Å². The fourth-order valence-corrected chi connectivity index (χ4v) is 2.52. The zero-order valence-electron chi connectivity index (χ0n) is 11.9. The summed E-state index contributed by atoms with van der Waals surface area (Å²) in [7, 11) is 0. The summed E-state index contributed by atoms with van der Waals surface area (Å²) in [5, 5.41) is 14.3. The van der Waals surface area contributed by atoms with Crippen LogP contribution in [0.4, 0.5) is 5.69 Å². The van der Waals surface area contributed by atoms with Gasteiger partial charge in [0, 0.05) is 6.42 Å². The van der Waals surface area contributed by atoms with E-state index < -0.39 is 11.6 Å². The second-order valence-electron chi connectivity index (χ2n) is 5.37. The molecule has 0 spiro atoms. The number of nitrogens with zero attached hydrogens (tertiary/aromatic N) is 1. The molecular formula is C14H19N3O2S. The summed E-state index contributed by atoms with van der Waals surface area (Å²) >= 11 is 5.33. The number of carbonyl (C=O) groups is 1. The van der Waals surface area contributed by atoms with Crippen molar-refractivity contribution in [3.63, 3.8) is 0 Å². The van der Waals surface area contributed by atoms with Crippen molar-refractivity contribution in [3.05, 3.63) is 29.3 Å². The van der Waals surface area contributed by atoms with Gasteiger partial charge in [-0.3, -0.25) is 9.80 Å². The van der Waals surface area contributed by atoms with Crippen LogP contribution < -0.4 is 15.8 Å². The zero-order chi connectivity index (χ0) is 14.9. The first kappa shape index (κ1) is 14.7. The zero-order valence-corrected chi connectivity index (χ0v) is 12.7. The summed E-state index contributed by atoms with van der Waals surface area (Å²) in [6.45, 7) is 6.02. The molecule has 1 aromatic rings. The second-order valence-corrected chi connectivity index (χ2v) is 5.76. The lowest BCUT2D eigenvalue weighted by molar-refractivity contribution is -0.137. The molecule has 1 fully saturated rings. The molecule has 1 aliphatic heterocycles. The molecule has 0 bridgehead atoms. The number of hydrogen-bond donors (Lipinski definition) is 3. The minimum Gasteiger partial charge on any atom is -0.481 e. The van der Waals surface area contributed by atoms with Gasteiger partial charge in [-0.15, -0.1) is 0 Å². The maximum atomic E-state index is 10.7. The number of aryl methyl sites for hydroxylation is 2. The Kier molecular flexibility index (Phi) is 3.96. The van der Waals surface area contributed by atoms with Crippen LogP contribution in [0.3, 0.4) is 0 Å². The van der Waals surface area contributed by atoms with Gasteiger partial charge in [0.1, 0.15) is 5.66 Å². The number of carboxylic acids is 1. The number of rotatable bonds is 4. The van der Waals surface area contributed by atoms with Crippen molar-refractivity contribution >= 4 is 29.0 Å². The number of aliphatic carboxylic acids is 1. The number of carboxylic acid groups (broad SMARTS) is 1. The normalized spacial score (nSPS) is 21.9. The molecule has 0 aliphatic carbocycles. The summed E-state index contributed by atoms with van der Waals surface area (Å²) in [4.78, 5) is 10.7. The number of benzene rings is 1. The molecule has 20 heavy (non-hydrogen) atoms. The van der Waals surface area contributed by atoms with Gasteiger partial charge in [-0.1, -0.05) is 6.07 Å². The van der Waals surface area contributed by atoms with Crippen LogP contribution in [0, 0.1) is 13.8 Å². The number of hydrogen-bond acceptors (Lipinski definition) is 3. The standard InChI is InChI=1S/C14H19N3O2S/c1-9-4-5-11(8-10(9)2)17-13(20)15-14(3,16-17)7-6-12(18)19/h4-5,8,16H,6-7H2,1-3H3,(H,15,20)(H,18,19). The third-order valence-corrected chi connectivity index (χ3v) is 3.82. The van der Waals surface area contributed by atoms with Gasteiger partial charge in [0.05, 0.1) is 5.69 Å². The summed E-state index contributed by atoms with van der Waals surface area (Å²) < 4.78 is 0. The average molecular weight is 293 g/mol. The predicted molar refractivity (Wildman–Crippen MR) is 82.5 cm³/mol. The van der Waals surface area contributed by atoms with Gasteiger partial charge in [-0.05, 0) is 62.7 Å². The fraction of sp³-hybridized carbons (Fsp3) is 0.429. The Balaban J connectivity index is 2.16. The number of anilines is 1. The number of hydrazine groups is 1. The molecule has 1 saturated heterocycles. The Morgan fingerprint density at radius 3 is 2.70 bits per heavy atom. The molecule has 0 aromatic heterocycles. The van der Waals surface area contributed by atoms with Crippen LogP contribution in [-0.4, -0.2) is 21.9 Å². The van der Waals surface area contributed by atoms with Gasteiger partial charge in [0.15, 0.2) is 5.11 Å². The van der Waals surface area contributed by atoms with E-state index in [0.29, 0.717) is 11.5 Å². The lowest BCUT2D eigenvalue weighted by atomic mass is 10.1. The topological polar surface area (TPSA) is 64.6 Å². The Bertz CT molecular complexity index is 561. The van der Waals surface area contributed by atoms with Crippen LogP contribution in [0.5, 0.6) is 0 Å². The first-order valence-corrected chi connectivity index (χ1v) is 6.91. The minimum absolute atomic E-state index is 0.0832. The maximum absolute atomic E-state index is 10.7. The van der Waals surface area contributed by atoms with E-state index in [0.717, 1.165) is 5.69 Å². The first-order valence-electron chi connectivity index (χ1n) is 6.50. The van der Waals surface area contributed by atoms with Gasteiger partial charge >= 0.3 is 5.97 Å². The lowest BCUT2D eigenvalue weighted by Gasteiger charge is -2.25. The molecule has 1 heterocycles. The van der Waals surface area contributed by atoms with Crippen molar-refractivity contribution in [3.8, 4) is 0 Å². The highest BCUT2D eigenvalue weighted by Crippen LogP contribution is 2.24. The highest BCUT2D eigenvalue weighted by atomic mass is 32.1. The highest BCUT2D eigenvalue weighted by molar-refractivity contribution is 7.80. The maximum Gasteiger partial charge on any atom is 0.303 e. The summed E-state index contributed by atoms with van der Waals surface area (Å²) in [5.74, 6) is -0.814. The van der Waals surface area contributed by atoms with E-state index in [4.69, 9.17) is 17.3 Å². The molecule has 0 amide bonds. The van der Waals surface area contributed by atoms with Gasteiger partial charge in [0.2, 0.25) is 0 Å². The molecular weight excluding hydrogens is 274 g/mol. The SMILES string of the molecule is Cc1ccc(N2NC(C)(CCC(=O)O)NC2=S)cc1C. The molecule has 1 atom stereocenters. The largest absolute Gasteiger partial charge is 0.481 e. The van der Waals surface area contributed by atoms with Crippen molar-refractivity contribution in [2.24, 2.45) is 0 Å². The Hall–Kier alpha value is -1.66. The van der Waals surface area contributed by atoms with E-state index >= 15 is 0 Å². The van der Waals surface area contributed by atoms with Crippen LogP contribution in [0.2, 0.25) is 0 Å². The minimum atomic E-state index is -0.814. The monoisotopic (exact) mass is 293 g/mol. The molecule has 1 aliphatic rings. The summed E-state index contributed by atoms with van der Waals surface area (Å²) in [6.07, 6.45) is 0.531. The molecule has 1 aromatic carbocycles. The van der Waals surface area contributed by atoms with Crippen LogP contribution >= 0.6 is 12.2 Å². The van der Waals surface area contributed by atoms with Crippen molar-refractivity contribution < 1.29 is 9.90 Å². The average Bonchev–Trinajstić information content (AvgIpc) is 2.67. The predicted octanol–water partition coefficient (Wildman–Crippen LogP) is 2.08. The van der Waals surface area contributed by atoms with Crippen LogP contribution in [0.15, 0.2) is 18.2 Å². The highest BCUT2D eigenvalue weighted by Gasteiger charge is 2.36. The van der Waals surface area contributed by atoms with Crippen molar-refractivity contribution in [2.75, 3.05) is 5.01 Å². The van der Waals surface area contributed by atoms with Crippen LogP contribution in [0.1, 0.15) is 30.9 Å². The quantitative estimate of drug-likeness (QED) is 0.739. The van der Waals surface area contributed by atoms with E-state index in [1.54, 1.807) is 5.01 Å². The molecule has 108 valence electrons. The molecule has 3 N–H and O–H groups in total. The van der Waals surface area contributed by atoms with E-state index in [-0.39, 0.29) is 6.42 Å². The number of nitrogens with one attached hydrogen (secondary N) is 2. The molecule has 2 rings (SSSR count). The van der Waals surface area contributed by atoms with Crippen molar-refractivity contribution in [1.82, 2.24) is 10.7 Å². The van der Waals surface area contributed by atoms with Crippen molar-refractivity contribution in [2.45, 2.75) is 39.3 Å². The van der Waals surface area contributed by atoms with E-state index in [2.05, 4.69) is 30.7 Å². The molecule has 6 heteroatoms. The van der Waals surface area contributed by atoms with Gasteiger partial charge < -0.3 is 10.4 Å². The van der Waals surface area contributed by atoms with Gasteiger partial charge in [-0.25, -0.2) is 5.43 Å². The summed E-state index contributed by atoms with van der Waals surface area (Å²) in [6, 6.07) is 6.09. The molecule has 5 nitrogen and oxygen atoms in total. The van der Waals surface area contributed by atoms with Crippen LogP contribution in [0.25, 0.3) is 0 Å². The molecule has 1 unspecified atom stereocenters. The van der Waals surface area contributed by atoms with Gasteiger partial charge in [-0.2, -0.15) is 0 Å². The fourth-order valence-electron chi connectivity index (χ4n) is 2.14. The Morgan fingerprint density at radius 1 is 1.40 bits per heavy atom. The van der Waals surface area contributed by atoms with E-state index in [1.165, 1.54) is 11.1 Å². The third kappa shape index (κ3) is 3.08. The second kappa shape index (κ2) is 5.38.